The number of fused-ring (bicyclic) bond motifs is 3. The van der Waals surface area contributed by atoms with Crippen molar-refractivity contribution >= 4 is 28.9 Å². The summed E-state index contributed by atoms with van der Waals surface area (Å²) in [6.45, 7) is 1.72. The first kappa shape index (κ1) is 19.1. The monoisotopic (exact) mass is 413 g/mol. The van der Waals surface area contributed by atoms with Crippen molar-refractivity contribution in [2.75, 3.05) is 11.4 Å². The zero-order chi connectivity index (χ0) is 21.4. The molecule has 156 valence electrons. The molecule has 0 bridgehead atoms. The van der Waals surface area contributed by atoms with E-state index in [4.69, 9.17) is 4.98 Å². The smallest absolute Gasteiger partial charge is 0.312 e. The first-order valence-corrected chi connectivity index (χ1v) is 10.4. The van der Waals surface area contributed by atoms with Crippen LogP contribution < -0.4 is 16.1 Å². The van der Waals surface area contributed by atoms with Gasteiger partial charge in [0.25, 0.3) is 5.56 Å². The molecule has 1 aliphatic heterocycles. The van der Waals surface area contributed by atoms with Gasteiger partial charge in [0.2, 0.25) is 5.95 Å². The third-order valence-corrected chi connectivity index (χ3v) is 5.68. The standard InChI is InChI=1S/C24H23N5O2/c1-26-21-20(22(30)29(24(26)31)15-8-12-18-10-4-2-5-11-18)28-17-9-16-27(23(28)25-21)19-13-6-3-7-14-19/h2-8,10-14H,9,15-17H2,1H3. The fourth-order valence-corrected chi connectivity index (χ4v) is 4.14. The highest BCUT2D eigenvalue weighted by Crippen LogP contribution is 2.30. The van der Waals surface area contributed by atoms with Crippen LogP contribution in [0.5, 0.6) is 0 Å². The number of nitrogens with zero attached hydrogens (tertiary/aromatic N) is 5. The third kappa shape index (κ3) is 3.28. The molecule has 0 spiro atoms. The average molecular weight is 413 g/mol. The van der Waals surface area contributed by atoms with E-state index in [9.17, 15) is 9.59 Å². The number of imidazole rings is 1. The van der Waals surface area contributed by atoms with Gasteiger partial charge in [0, 0.05) is 32.4 Å². The van der Waals surface area contributed by atoms with Gasteiger partial charge in [0.05, 0.1) is 0 Å². The van der Waals surface area contributed by atoms with Gasteiger partial charge in [-0.2, -0.15) is 4.98 Å². The lowest BCUT2D eigenvalue weighted by Crippen LogP contribution is -2.39. The predicted octanol–water partition coefficient (Wildman–Crippen LogP) is 3.15. The highest BCUT2D eigenvalue weighted by molar-refractivity contribution is 5.77. The predicted molar refractivity (Wildman–Crippen MR) is 123 cm³/mol. The molecule has 0 fully saturated rings. The Bertz CT molecular complexity index is 1380. The molecule has 0 radical (unpaired) electrons. The second-order valence-corrected chi connectivity index (χ2v) is 7.65. The Hall–Kier alpha value is -3.87. The third-order valence-electron chi connectivity index (χ3n) is 5.68. The van der Waals surface area contributed by atoms with Crippen LogP contribution in [0.15, 0.2) is 76.3 Å². The summed E-state index contributed by atoms with van der Waals surface area (Å²) in [5.41, 5.74) is 2.28. The van der Waals surface area contributed by atoms with Crippen molar-refractivity contribution in [3.63, 3.8) is 0 Å². The van der Waals surface area contributed by atoms with Gasteiger partial charge in [-0.1, -0.05) is 60.7 Å². The van der Waals surface area contributed by atoms with E-state index in [0.29, 0.717) is 23.7 Å². The Morgan fingerprint density at radius 2 is 1.68 bits per heavy atom. The minimum absolute atomic E-state index is 0.208. The van der Waals surface area contributed by atoms with Gasteiger partial charge in [0.15, 0.2) is 11.2 Å². The lowest BCUT2D eigenvalue weighted by Gasteiger charge is -2.28. The maximum Gasteiger partial charge on any atom is 0.332 e. The normalized spacial score (nSPS) is 13.8. The first-order chi connectivity index (χ1) is 15.1. The van der Waals surface area contributed by atoms with Gasteiger partial charge in [-0.25, -0.2) is 4.79 Å². The second-order valence-electron chi connectivity index (χ2n) is 7.65. The number of allylic oxidation sites excluding steroid dienone is 1. The van der Waals surface area contributed by atoms with E-state index in [0.717, 1.165) is 24.2 Å². The molecule has 4 aromatic rings. The number of para-hydroxylation sites is 1. The van der Waals surface area contributed by atoms with Gasteiger partial charge in [-0.3, -0.25) is 13.9 Å². The molecular formula is C24H23N5O2. The fourth-order valence-electron chi connectivity index (χ4n) is 4.14. The van der Waals surface area contributed by atoms with Crippen molar-refractivity contribution in [1.82, 2.24) is 18.7 Å². The van der Waals surface area contributed by atoms with Crippen LogP contribution >= 0.6 is 0 Å². The highest BCUT2D eigenvalue weighted by Gasteiger charge is 2.26. The van der Waals surface area contributed by atoms with E-state index in [1.54, 1.807) is 7.05 Å². The van der Waals surface area contributed by atoms with Crippen LogP contribution in [0.25, 0.3) is 17.2 Å². The molecule has 0 saturated heterocycles. The van der Waals surface area contributed by atoms with Gasteiger partial charge < -0.3 is 9.47 Å². The molecule has 3 heterocycles. The maximum atomic E-state index is 13.4. The summed E-state index contributed by atoms with van der Waals surface area (Å²) in [6, 6.07) is 19.8. The van der Waals surface area contributed by atoms with Gasteiger partial charge in [-0.15, -0.1) is 0 Å². The molecule has 31 heavy (non-hydrogen) atoms. The van der Waals surface area contributed by atoms with Crippen LogP contribution in [0.1, 0.15) is 12.0 Å². The molecule has 0 unspecified atom stereocenters. The number of rotatable bonds is 4. The van der Waals surface area contributed by atoms with E-state index in [-0.39, 0.29) is 17.8 Å². The van der Waals surface area contributed by atoms with Crippen LogP contribution in [-0.4, -0.2) is 25.2 Å². The van der Waals surface area contributed by atoms with Gasteiger partial charge >= 0.3 is 5.69 Å². The quantitative estimate of drug-likeness (QED) is 0.516. The van der Waals surface area contributed by atoms with Gasteiger partial charge in [-0.05, 0) is 24.1 Å². The SMILES string of the molecule is Cn1c(=O)n(CC=Cc2ccccc2)c(=O)c2c1nc1n2CCCN1c1ccccc1. The number of hydrogen-bond acceptors (Lipinski definition) is 4. The molecule has 0 aliphatic carbocycles. The van der Waals surface area contributed by atoms with Crippen LogP contribution in [-0.2, 0) is 20.1 Å². The minimum Gasteiger partial charge on any atom is -0.312 e. The Labute approximate surface area is 179 Å². The average Bonchev–Trinajstić information content (AvgIpc) is 3.21. The van der Waals surface area contributed by atoms with Crippen molar-refractivity contribution in [2.24, 2.45) is 7.05 Å². The molecule has 0 saturated carbocycles. The van der Waals surface area contributed by atoms with Crippen molar-refractivity contribution in [1.29, 1.82) is 0 Å². The molecular weight excluding hydrogens is 390 g/mol. The summed E-state index contributed by atoms with van der Waals surface area (Å²) >= 11 is 0. The first-order valence-electron chi connectivity index (χ1n) is 10.4. The van der Waals surface area contributed by atoms with E-state index < -0.39 is 0 Å². The fraction of sp³-hybridized carbons (Fsp3) is 0.208. The molecule has 7 nitrogen and oxygen atoms in total. The van der Waals surface area contributed by atoms with Crippen molar-refractivity contribution in [2.45, 2.75) is 19.5 Å². The number of benzene rings is 2. The number of aromatic nitrogens is 4. The Kier molecular flexibility index (Phi) is 4.78. The summed E-state index contributed by atoms with van der Waals surface area (Å²) in [5.74, 6) is 0.706. The van der Waals surface area contributed by atoms with Crippen LogP contribution in [0.4, 0.5) is 11.6 Å². The van der Waals surface area contributed by atoms with E-state index in [1.165, 1.54) is 9.13 Å². The molecule has 5 rings (SSSR count). The van der Waals surface area contributed by atoms with Crippen molar-refractivity contribution < 1.29 is 0 Å². The largest absolute Gasteiger partial charge is 0.332 e. The lowest BCUT2D eigenvalue weighted by atomic mass is 10.2. The molecule has 7 heteroatoms. The topological polar surface area (TPSA) is 65.1 Å². The Morgan fingerprint density at radius 3 is 2.42 bits per heavy atom. The summed E-state index contributed by atoms with van der Waals surface area (Å²) in [7, 11) is 1.67. The number of anilines is 2. The summed E-state index contributed by atoms with van der Waals surface area (Å²) in [6.07, 6.45) is 4.65. The van der Waals surface area contributed by atoms with Crippen LogP contribution in [0.2, 0.25) is 0 Å². The zero-order valence-electron chi connectivity index (χ0n) is 17.3. The van der Waals surface area contributed by atoms with Crippen LogP contribution in [0, 0.1) is 0 Å². The van der Waals surface area contributed by atoms with Crippen molar-refractivity contribution in [3.05, 3.63) is 93.1 Å². The summed E-state index contributed by atoms with van der Waals surface area (Å²) in [5, 5.41) is 0. The molecule has 0 amide bonds. The Balaban J connectivity index is 1.61. The highest BCUT2D eigenvalue weighted by atomic mass is 16.2. The minimum atomic E-state index is -0.364. The molecule has 2 aromatic carbocycles. The molecule has 1 aliphatic rings. The Morgan fingerprint density at radius 1 is 0.968 bits per heavy atom. The number of aryl methyl sites for hydroxylation is 2. The maximum absolute atomic E-state index is 13.4. The van der Waals surface area contributed by atoms with Gasteiger partial charge in [0.1, 0.15) is 0 Å². The molecule has 0 N–H and O–H groups in total. The van der Waals surface area contributed by atoms with Crippen molar-refractivity contribution in [3.8, 4) is 0 Å². The van der Waals surface area contributed by atoms with E-state index in [1.807, 2.05) is 77.4 Å². The van der Waals surface area contributed by atoms with E-state index >= 15 is 0 Å². The second kappa shape index (κ2) is 7.75. The number of hydrogen-bond donors (Lipinski definition) is 0. The molecule has 0 atom stereocenters. The van der Waals surface area contributed by atoms with Crippen LogP contribution in [0.3, 0.4) is 0 Å². The zero-order valence-corrected chi connectivity index (χ0v) is 17.3. The molecule has 2 aromatic heterocycles. The summed E-state index contributed by atoms with van der Waals surface area (Å²) < 4.78 is 4.70. The summed E-state index contributed by atoms with van der Waals surface area (Å²) in [4.78, 5) is 33.1. The van der Waals surface area contributed by atoms with E-state index in [2.05, 4.69) is 4.90 Å². The lowest BCUT2D eigenvalue weighted by molar-refractivity contribution is 0.598.